The van der Waals surface area contributed by atoms with E-state index in [1.165, 1.54) is 5.57 Å². The topological polar surface area (TPSA) is 57.5 Å². The van der Waals surface area contributed by atoms with E-state index in [2.05, 4.69) is 19.9 Å². The summed E-state index contributed by atoms with van der Waals surface area (Å²) in [5.41, 5.74) is 0.0657. The van der Waals surface area contributed by atoms with Crippen molar-refractivity contribution in [1.29, 1.82) is 0 Å². The molecule has 0 aromatic heterocycles. The summed E-state index contributed by atoms with van der Waals surface area (Å²) in [6.07, 6.45) is 10.7. The standard InChI is InChI=1S/C21H30O3/c1-13(22)21(24)11-8-18-16-5-4-14-12-15(23)6-9-19(14,2)17(16)7-10-20(18,21)3/h4,12,16-18,23-24H,5-11H2,1-3H3/t16-,17+,18+,19+,20+,21+/m1/s1. The van der Waals surface area contributed by atoms with Gasteiger partial charge in [-0.05, 0) is 80.3 Å². The summed E-state index contributed by atoms with van der Waals surface area (Å²) in [6, 6.07) is 0. The van der Waals surface area contributed by atoms with Crippen LogP contribution in [0.1, 0.15) is 65.7 Å². The summed E-state index contributed by atoms with van der Waals surface area (Å²) in [7, 11) is 0. The molecule has 0 radical (unpaired) electrons. The third kappa shape index (κ3) is 1.85. The molecule has 132 valence electrons. The second kappa shape index (κ2) is 4.97. The van der Waals surface area contributed by atoms with Crippen LogP contribution in [0.25, 0.3) is 0 Å². The van der Waals surface area contributed by atoms with Crippen molar-refractivity contribution in [2.45, 2.75) is 71.3 Å². The minimum atomic E-state index is -1.13. The van der Waals surface area contributed by atoms with Crippen molar-refractivity contribution in [1.82, 2.24) is 0 Å². The van der Waals surface area contributed by atoms with Crippen LogP contribution in [0.15, 0.2) is 23.5 Å². The van der Waals surface area contributed by atoms with Gasteiger partial charge in [-0.1, -0.05) is 19.9 Å². The number of carbonyl (C=O) groups excluding carboxylic acids is 1. The molecular weight excluding hydrogens is 300 g/mol. The normalized spacial score (nSPS) is 50.2. The molecular formula is C21H30O3. The molecule has 3 nitrogen and oxygen atoms in total. The lowest BCUT2D eigenvalue weighted by Crippen LogP contribution is -2.56. The van der Waals surface area contributed by atoms with E-state index in [0.717, 1.165) is 38.5 Å². The monoisotopic (exact) mass is 330 g/mol. The summed E-state index contributed by atoms with van der Waals surface area (Å²) in [5.74, 6) is 2.06. The Balaban J connectivity index is 1.72. The lowest BCUT2D eigenvalue weighted by molar-refractivity contribution is -0.158. The quantitative estimate of drug-likeness (QED) is 0.753. The zero-order valence-corrected chi connectivity index (χ0v) is 15.1. The van der Waals surface area contributed by atoms with Crippen molar-refractivity contribution in [3.05, 3.63) is 23.5 Å². The molecule has 6 atom stereocenters. The van der Waals surface area contributed by atoms with E-state index >= 15 is 0 Å². The van der Waals surface area contributed by atoms with Crippen LogP contribution >= 0.6 is 0 Å². The fourth-order valence-electron chi connectivity index (χ4n) is 6.90. The van der Waals surface area contributed by atoms with E-state index in [4.69, 9.17) is 0 Å². The van der Waals surface area contributed by atoms with Crippen LogP contribution in [-0.4, -0.2) is 21.6 Å². The van der Waals surface area contributed by atoms with Gasteiger partial charge in [0.1, 0.15) is 5.60 Å². The van der Waals surface area contributed by atoms with E-state index in [0.29, 0.717) is 29.9 Å². The smallest absolute Gasteiger partial charge is 0.161 e. The Labute approximate surface area is 144 Å². The van der Waals surface area contributed by atoms with Gasteiger partial charge < -0.3 is 10.2 Å². The number of aliphatic hydroxyl groups is 2. The molecule has 0 aromatic rings. The highest BCUT2D eigenvalue weighted by Crippen LogP contribution is 2.66. The van der Waals surface area contributed by atoms with Crippen molar-refractivity contribution in [3.8, 4) is 0 Å². The van der Waals surface area contributed by atoms with Crippen LogP contribution in [0.4, 0.5) is 0 Å². The van der Waals surface area contributed by atoms with Crippen molar-refractivity contribution in [2.24, 2.45) is 28.6 Å². The molecule has 0 amide bonds. The first kappa shape index (κ1) is 16.4. The van der Waals surface area contributed by atoms with Gasteiger partial charge in [0.25, 0.3) is 0 Å². The highest BCUT2D eigenvalue weighted by molar-refractivity contribution is 5.86. The zero-order valence-electron chi connectivity index (χ0n) is 15.1. The van der Waals surface area contributed by atoms with Gasteiger partial charge in [-0.3, -0.25) is 4.79 Å². The van der Waals surface area contributed by atoms with Crippen molar-refractivity contribution in [2.75, 3.05) is 0 Å². The lowest BCUT2D eigenvalue weighted by atomic mass is 9.47. The number of ketones is 1. The van der Waals surface area contributed by atoms with Crippen LogP contribution in [-0.2, 0) is 4.79 Å². The molecule has 0 heterocycles. The van der Waals surface area contributed by atoms with Crippen LogP contribution < -0.4 is 0 Å². The predicted molar refractivity (Wildman–Crippen MR) is 93.4 cm³/mol. The minimum Gasteiger partial charge on any atom is -0.512 e. The second-order valence-corrected chi connectivity index (χ2v) is 9.24. The number of hydrogen-bond acceptors (Lipinski definition) is 3. The minimum absolute atomic E-state index is 0.0466. The Bertz CT molecular complexity index is 647. The largest absolute Gasteiger partial charge is 0.512 e. The second-order valence-electron chi connectivity index (χ2n) is 9.24. The molecule has 0 aromatic carbocycles. The van der Waals surface area contributed by atoms with E-state index < -0.39 is 5.60 Å². The van der Waals surface area contributed by atoms with Crippen molar-refractivity contribution in [3.63, 3.8) is 0 Å². The van der Waals surface area contributed by atoms with Crippen LogP contribution in [0.3, 0.4) is 0 Å². The molecule has 3 heteroatoms. The highest BCUT2D eigenvalue weighted by atomic mass is 16.3. The van der Waals surface area contributed by atoms with Gasteiger partial charge >= 0.3 is 0 Å². The number of carbonyl (C=O) groups is 1. The van der Waals surface area contributed by atoms with Gasteiger partial charge in [0.2, 0.25) is 0 Å². The molecule has 24 heavy (non-hydrogen) atoms. The number of aliphatic hydroxyl groups excluding tert-OH is 1. The van der Waals surface area contributed by atoms with Gasteiger partial charge in [-0.25, -0.2) is 0 Å². The molecule has 2 saturated carbocycles. The van der Waals surface area contributed by atoms with Gasteiger partial charge in [0.15, 0.2) is 5.78 Å². The van der Waals surface area contributed by atoms with Crippen molar-refractivity contribution >= 4 is 5.78 Å². The SMILES string of the molecule is CC(=O)[C@@]1(O)CC[C@H]2[C@@H]3CC=C4C=C(O)CC[C@]4(C)[C@H]3CC[C@@]21C. The number of hydrogen-bond donors (Lipinski definition) is 2. The third-order valence-corrected chi connectivity index (χ3v) is 8.48. The fraction of sp³-hybridized carbons (Fsp3) is 0.762. The van der Waals surface area contributed by atoms with Crippen LogP contribution in [0, 0.1) is 28.6 Å². The molecule has 0 saturated heterocycles. The number of fused-ring (bicyclic) bond motifs is 5. The van der Waals surface area contributed by atoms with Crippen LogP contribution in [0.5, 0.6) is 0 Å². The first-order chi connectivity index (χ1) is 11.2. The summed E-state index contributed by atoms with van der Waals surface area (Å²) in [4.78, 5) is 12.2. The van der Waals surface area contributed by atoms with E-state index in [1.54, 1.807) is 6.92 Å². The lowest BCUT2D eigenvalue weighted by Gasteiger charge is -2.57. The summed E-state index contributed by atoms with van der Waals surface area (Å²) in [5, 5.41) is 21.1. The molecule has 0 bridgehead atoms. The van der Waals surface area contributed by atoms with Gasteiger partial charge in [-0.2, -0.15) is 0 Å². The maximum absolute atomic E-state index is 12.2. The van der Waals surface area contributed by atoms with Gasteiger partial charge in [0, 0.05) is 11.8 Å². The van der Waals surface area contributed by atoms with Crippen molar-refractivity contribution < 1.29 is 15.0 Å². The average Bonchev–Trinajstić information content (AvgIpc) is 2.81. The molecule has 0 unspecified atom stereocenters. The Hall–Kier alpha value is -1.09. The summed E-state index contributed by atoms with van der Waals surface area (Å²) < 4.78 is 0. The zero-order chi connectivity index (χ0) is 17.3. The summed E-state index contributed by atoms with van der Waals surface area (Å²) >= 11 is 0. The number of rotatable bonds is 1. The molecule has 4 aliphatic rings. The van der Waals surface area contributed by atoms with Gasteiger partial charge in [0.05, 0.1) is 5.76 Å². The summed E-state index contributed by atoms with van der Waals surface area (Å²) in [6.45, 7) is 6.10. The average molecular weight is 330 g/mol. The number of allylic oxidation sites excluding steroid dienone is 4. The Kier molecular flexibility index (Phi) is 3.39. The first-order valence-corrected chi connectivity index (χ1v) is 9.56. The maximum Gasteiger partial charge on any atom is 0.161 e. The molecule has 4 aliphatic carbocycles. The Morgan fingerprint density at radius 2 is 1.88 bits per heavy atom. The first-order valence-electron chi connectivity index (χ1n) is 9.56. The molecule has 0 spiro atoms. The Morgan fingerprint density at radius 1 is 1.17 bits per heavy atom. The molecule has 4 rings (SSSR count). The molecule has 0 aliphatic heterocycles. The van der Waals surface area contributed by atoms with E-state index in [1.807, 2.05) is 6.08 Å². The molecule has 2 N–H and O–H groups in total. The van der Waals surface area contributed by atoms with E-state index in [9.17, 15) is 15.0 Å². The highest BCUT2D eigenvalue weighted by Gasteiger charge is 2.65. The van der Waals surface area contributed by atoms with E-state index in [-0.39, 0.29) is 16.6 Å². The third-order valence-electron chi connectivity index (χ3n) is 8.48. The molecule has 2 fully saturated rings. The fourth-order valence-corrected chi connectivity index (χ4v) is 6.90. The maximum atomic E-state index is 12.2. The Morgan fingerprint density at radius 3 is 2.58 bits per heavy atom. The number of Topliss-reactive ketones (excluding diaryl/α,β-unsaturated/α-hetero) is 1. The van der Waals surface area contributed by atoms with Crippen LogP contribution in [0.2, 0.25) is 0 Å². The predicted octanol–water partition coefficient (Wildman–Crippen LogP) is 4.32. The van der Waals surface area contributed by atoms with Gasteiger partial charge in [-0.15, -0.1) is 0 Å².